The molecule has 1 atom stereocenters. The third kappa shape index (κ3) is 6.50. The molecule has 0 saturated heterocycles. The number of fused-ring (bicyclic) bond motifs is 1. The number of Topliss-reactive ketones (excluding diaryl/α,β-unsaturated/α-hetero) is 1. The molecule has 3 heterocycles. The highest BCUT2D eigenvalue weighted by molar-refractivity contribution is 7.18. The number of nitrogens with one attached hydrogen (secondary N) is 2. The number of thiazole rings is 1. The quantitative estimate of drug-likeness (QED) is 0.211. The molecule has 2 amide bonds. The van der Waals surface area contributed by atoms with E-state index < -0.39 is 41.3 Å². The molecule has 0 spiro atoms. The lowest BCUT2D eigenvalue weighted by atomic mass is 9.94. The van der Waals surface area contributed by atoms with Crippen molar-refractivity contribution in [3.05, 3.63) is 87.9 Å². The van der Waals surface area contributed by atoms with Crippen LogP contribution in [-0.2, 0) is 21.5 Å². The fourth-order valence-electron chi connectivity index (χ4n) is 4.54. The van der Waals surface area contributed by atoms with Crippen LogP contribution in [0.15, 0.2) is 70.0 Å². The summed E-state index contributed by atoms with van der Waals surface area (Å²) in [5, 5.41) is 13.9. The zero-order chi connectivity index (χ0) is 32.3. The largest absolute Gasteiger partial charge is 0.453 e. The average molecular weight is 630 g/mol. The SMILES string of the molecule is COC(=O)Nc1cnc(-c2ccccc2)n(CC(=O)N[C@@H](C(=O)c2nnc(C(C)(C)c3nc4ccccc4s3)o2)C(C)C)c1=O. The van der Waals surface area contributed by atoms with Crippen LogP contribution in [-0.4, -0.2) is 55.7 Å². The van der Waals surface area contributed by atoms with Gasteiger partial charge in [0, 0.05) is 5.56 Å². The Morgan fingerprint density at radius 1 is 1.04 bits per heavy atom. The van der Waals surface area contributed by atoms with Crippen LogP contribution in [0.3, 0.4) is 0 Å². The van der Waals surface area contributed by atoms with E-state index in [-0.39, 0.29) is 29.2 Å². The Morgan fingerprint density at radius 2 is 1.76 bits per heavy atom. The molecule has 232 valence electrons. The van der Waals surface area contributed by atoms with E-state index in [1.54, 1.807) is 44.2 Å². The van der Waals surface area contributed by atoms with E-state index in [4.69, 9.17) is 9.40 Å². The Hall–Kier alpha value is -5.24. The summed E-state index contributed by atoms with van der Waals surface area (Å²) in [6, 6.07) is 15.5. The molecule has 45 heavy (non-hydrogen) atoms. The minimum Gasteiger partial charge on any atom is -0.453 e. The van der Waals surface area contributed by atoms with Gasteiger partial charge in [0.15, 0.2) is 0 Å². The third-order valence-corrected chi connectivity index (χ3v) is 8.43. The van der Waals surface area contributed by atoms with Crippen molar-refractivity contribution in [1.82, 2.24) is 30.0 Å². The molecule has 13 nitrogen and oxygen atoms in total. The number of ether oxygens (including phenoxy) is 1. The summed E-state index contributed by atoms with van der Waals surface area (Å²) < 4.78 is 12.6. The lowest BCUT2D eigenvalue weighted by Crippen LogP contribution is -2.46. The number of hydrogen-bond donors (Lipinski definition) is 2. The molecule has 0 bridgehead atoms. The lowest BCUT2D eigenvalue weighted by molar-refractivity contribution is -0.122. The van der Waals surface area contributed by atoms with Crippen molar-refractivity contribution in [3.8, 4) is 11.4 Å². The number of amides is 2. The second kappa shape index (κ2) is 12.8. The summed E-state index contributed by atoms with van der Waals surface area (Å²) in [7, 11) is 1.16. The summed E-state index contributed by atoms with van der Waals surface area (Å²) in [6.07, 6.45) is 0.326. The number of methoxy groups -OCH3 is 1. The van der Waals surface area contributed by atoms with Crippen LogP contribution in [0.4, 0.5) is 10.5 Å². The molecule has 0 aliphatic heterocycles. The fraction of sp³-hybridized carbons (Fsp3) is 0.290. The smallest absolute Gasteiger partial charge is 0.411 e. The maximum absolute atomic E-state index is 13.6. The Morgan fingerprint density at radius 3 is 2.44 bits per heavy atom. The van der Waals surface area contributed by atoms with Crippen molar-refractivity contribution >= 4 is 45.0 Å². The molecule has 14 heteroatoms. The van der Waals surface area contributed by atoms with Gasteiger partial charge in [0.1, 0.15) is 23.1 Å². The molecule has 5 aromatic rings. The van der Waals surface area contributed by atoms with Gasteiger partial charge in [-0.1, -0.05) is 56.3 Å². The molecule has 0 unspecified atom stereocenters. The van der Waals surface area contributed by atoms with Gasteiger partial charge in [0.2, 0.25) is 17.6 Å². The van der Waals surface area contributed by atoms with E-state index in [1.165, 1.54) is 17.5 Å². The van der Waals surface area contributed by atoms with Gasteiger partial charge in [0.05, 0.1) is 35.0 Å². The Balaban J connectivity index is 1.39. The minimum absolute atomic E-state index is 0.181. The second-order valence-electron chi connectivity index (χ2n) is 11.0. The monoisotopic (exact) mass is 629 g/mol. The fourth-order valence-corrected chi connectivity index (χ4v) is 5.60. The maximum atomic E-state index is 13.6. The van der Waals surface area contributed by atoms with E-state index in [2.05, 4.69) is 30.6 Å². The van der Waals surface area contributed by atoms with Crippen LogP contribution in [0, 0.1) is 5.92 Å². The molecular weight excluding hydrogens is 598 g/mol. The van der Waals surface area contributed by atoms with E-state index in [1.807, 2.05) is 38.1 Å². The van der Waals surface area contributed by atoms with Crippen LogP contribution in [0.5, 0.6) is 0 Å². The minimum atomic E-state index is -1.04. The standard InChI is InChI=1S/C31H31N7O6S/c1-17(2)23(24(40)26-36-37-28(44-26)31(3,4)29-33-19-13-9-10-14-21(19)45-29)35-22(39)16-38-25(18-11-7-6-8-12-18)32-15-20(27(38)41)34-30(42)43-5/h6-15,17,23H,16H2,1-5H3,(H,34,42)(H,35,39)/t23-/m1/s1. The van der Waals surface area contributed by atoms with Crippen molar-refractivity contribution < 1.29 is 23.5 Å². The maximum Gasteiger partial charge on any atom is 0.411 e. The number of para-hydroxylation sites is 1. The molecule has 0 radical (unpaired) electrons. The van der Waals surface area contributed by atoms with E-state index >= 15 is 0 Å². The molecule has 0 fully saturated rings. The van der Waals surface area contributed by atoms with E-state index in [9.17, 15) is 19.2 Å². The van der Waals surface area contributed by atoms with Crippen LogP contribution >= 0.6 is 11.3 Å². The molecular formula is C31H31N7O6S. The number of carbonyl (C=O) groups excluding carboxylic acids is 3. The number of carbonyl (C=O) groups is 3. The van der Waals surface area contributed by atoms with E-state index in [0.29, 0.717) is 5.56 Å². The third-order valence-electron chi connectivity index (χ3n) is 7.07. The van der Waals surface area contributed by atoms with Crippen LogP contribution in [0.25, 0.3) is 21.6 Å². The topological polar surface area (TPSA) is 171 Å². The summed E-state index contributed by atoms with van der Waals surface area (Å²) in [5.41, 5.74) is -0.231. The summed E-state index contributed by atoms with van der Waals surface area (Å²) in [5.74, 6) is -1.45. The van der Waals surface area contributed by atoms with Gasteiger partial charge in [-0.3, -0.25) is 24.3 Å². The molecule has 2 N–H and O–H groups in total. The first-order valence-corrected chi connectivity index (χ1v) is 14.8. The van der Waals surface area contributed by atoms with Crippen LogP contribution < -0.4 is 16.2 Å². The molecule has 0 saturated carbocycles. The Labute approximate surface area is 261 Å². The molecule has 3 aromatic heterocycles. The first-order chi connectivity index (χ1) is 21.5. The second-order valence-corrected chi connectivity index (χ2v) is 12.1. The summed E-state index contributed by atoms with van der Waals surface area (Å²) >= 11 is 1.50. The van der Waals surface area contributed by atoms with Gasteiger partial charge in [0.25, 0.3) is 11.4 Å². The van der Waals surface area contributed by atoms with Gasteiger partial charge in [-0.2, -0.15) is 0 Å². The van der Waals surface area contributed by atoms with Gasteiger partial charge >= 0.3 is 6.09 Å². The van der Waals surface area contributed by atoms with E-state index in [0.717, 1.165) is 26.9 Å². The van der Waals surface area contributed by atoms with Crippen molar-refractivity contribution in [1.29, 1.82) is 0 Å². The summed E-state index contributed by atoms with van der Waals surface area (Å²) in [4.78, 5) is 61.2. The van der Waals surface area contributed by atoms with Crippen LogP contribution in [0.2, 0.25) is 0 Å². The van der Waals surface area contributed by atoms with Gasteiger partial charge in [-0.05, 0) is 31.9 Å². The number of ketones is 1. The number of rotatable bonds is 10. The highest BCUT2D eigenvalue weighted by atomic mass is 32.1. The van der Waals surface area contributed by atoms with Crippen molar-refractivity contribution in [3.63, 3.8) is 0 Å². The zero-order valence-corrected chi connectivity index (χ0v) is 26.0. The first-order valence-electron chi connectivity index (χ1n) is 14.0. The average Bonchev–Trinajstić information content (AvgIpc) is 3.71. The van der Waals surface area contributed by atoms with Gasteiger partial charge < -0.3 is 14.5 Å². The Bertz CT molecular complexity index is 1900. The predicted octanol–water partition coefficient (Wildman–Crippen LogP) is 4.43. The molecule has 5 rings (SSSR count). The van der Waals surface area contributed by atoms with Gasteiger partial charge in [-0.25, -0.2) is 14.8 Å². The van der Waals surface area contributed by atoms with Crippen molar-refractivity contribution in [2.45, 2.75) is 45.7 Å². The predicted molar refractivity (Wildman–Crippen MR) is 167 cm³/mol. The molecule has 0 aliphatic rings. The normalized spacial score (nSPS) is 12.2. The number of nitrogens with zero attached hydrogens (tertiary/aromatic N) is 5. The number of aromatic nitrogens is 5. The summed E-state index contributed by atoms with van der Waals surface area (Å²) in [6.45, 7) is 6.79. The van der Waals surface area contributed by atoms with Crippen molar-refractivity contribution in [2.24, 2.45) is 5.92 Å². The van der Waals surface area contributed by atoms with Crippen LogP contribution in [0.1, 0.15) is 49.3 Å². The Kier molecular flexibility index (Phi) is 8.86. The molecule has 0 aliphatic carbocycles. The van der Waals surface area contributed by atoms with Crippen molar-refractivity contribution in [2.75, 3.05) is 12.4 Å². The number of hydrogen-bond acceptors (Lipinski definition) is 11. The highest BCUT2D eigenvalue weighted by Crippen LogP contribution is 2.36. The number of anilines is 1. The highest BCUT2D eigenvalue weighted by Gasteiger charge is 2.36. The first kappa shape index (κ1) is 31.2. The van der Waals surface area contributed by atoms with Gasteiger partial charge in [-0.15, -0.1) is 21.5 Å². The lowest BCUT2D eigenvalue weighted by Gasteiger charge is -2.21. The zero-order valence-electron chi connectivity index (χ0n) is 25.2. The number of benzene rings is 2. The molecule has 2 aromatic carbocycles.